The van der Waals surface area contributed by atoms with Gasteiger partial charge >= 0.3 is 0 Å². The number of aldehydes is 1. The second-order valence-electron chi connectivity index (χ2n) is 4.19. The number of rotatable bonds is 7. The molecule has 0 spiro atoms. The molecule has 1 rings (SSSR count). The zero-order chi connectivity index (χ0) is 13.5. The van der Waals surface area contributed by atoms with Gasteiger partial charge in [0, 0.05) is 17.5 Å². The SMILES string of the molecule is CC(NC=O)C(C=O)Cc1cccc(C(=N)N)c1. The lowest BCUT2D eigenvalue weighted by Crippen LogP contribution is -2.34. The zero-order valence-electron chi connectivity index (χ0n) is 10.2. The van der Waals surface area contributed by atoms with Crippen molar-refractivity contribution in [3.63, 3.8) is 0 Å². The lowest BCUT2D eigenvalue weighted by molar-refractivity contribution is -0.113. The molecule has 0 fully saturated rings. The topological polar surface area (TPSA) is 96.0 Å². The van der Waals surface area contributed by atoms with Gasteiger partial charge in [0.2, 0.25) is 6.41 Å². The molecule has 0 bridgehead atoms. The van der Waals surface area contributed by atoms with Crippen molar-refractivity contribution in [1.82, 2.24) is 5.32 Å². The number of amides is 1. The molecule has 18 heavy (non-hydrogen) atoms. The molecule has 0 aliphatic carbocycles. The standard InChI is InChI=1S/C13H17N3O2/c1-9(16-8-18)12(7-17)6-10-3-2-4-11(5-10)13(14)15/h2-5,7-9,12H,6H2,1H3,(H3,14,15)(H,16,18). The van der Waals surface area contributed by atoms with E-state index in [0.29, 0.717) is 18.4 Å². The number of amidine groups is 1. The van der Waals surface area contributed by atoms with Gasteiger partial charge in [-0.3, -0.25) is 10.2 Å². The van der Waals surface area contributed by atoms with Gasteiger partial charge in [0.05, 0.1) is 0 Å². The molecule has 0 radical (unpaired) electrons. The number of hydrogen-bond donors (Lipinski definition) is 3. The lowest BCUT2D eigenvalue weighted by Gasteiger charge is -2.18. The van der Waals surface area contributed by atoms with E-state index in [-0.39, 0.29) is 17.8 Å². The number of nitrogens with one attached hydrogen (secondary N) is 2. The average Bonchev–Trinajstić information content (AvgIpc) is 2.36. The third-order valence-corrected chi connectivity index (χ3v) is 2.86. The van der Waals surface area contributed by atoms with Gasteiger partial charge in [0.15, 0.2) is 0 Å². The van der Waals surface area contributed by atoms with Gasteiger partial charge in [-0.2, -0.15) is 0 Å². The van der Waals surface area contributed by atoms with E-state index < -0.39 is 0 Å². The summed E-state index contributed by atoms with van der Waals surface area (Å²) in [6.45, 7) is 1.78. The Kier molecular flexibility index (Phi) is 5.05. The Morgan fingerprint density at radius 2 is 2.22 bits per heavy atom. The monoisotopic (exact) mass is 247 g/mol. The van der Waals surface area contributed by atoms with Gasteiger partial charge in [-0.15, -0.1) is 0 Å². The highest BCUT2D eigenvalue weighted by molar-refractivity contribution is 5.95. The summed E-state index contributed by atoms with van der Waals surface area (Å²) in [4.78, 5) is 21.4. The molecule has 0 aromatic heterocycles. The first-order chi connectivity index (χ1) is 8.58. The molecule has 0 saturated carbocycles. The van der Waals surface area contributed by atoms with E-state index in [9.17, 15) is 9.59 Å². The van der Waals surface area contributed by atoms with Crippen LogP contribution >= 0.6 is 0 Å². The number of nitrogen functional groups attached to an aromatic ring is 1. The summed E-state index contributed by atoms with van der Waals surface area (Å²) < 4.78 is 0. The Balaban J connectivity index is 2.81. The van der Waals surface area contributed by atoms with E-state index in [4.69, 9.17) is 11.1 Å². The Morgan fingerprint density at radius 1 is 1.50 bits per heavy atom. The van der Waals surface area contributed by atoms with Crippen LogP contribution in [0.5, 0.6) is 0 Å². The molecule has 0 aliphatic heterocycles. The van der Waals surface area contributed by atoms with Gasteiger partial charge < -0.3 is 15.8 Å². The van der Waals surface area contributed by atoms with Crippen molar-refractivity contribution in [3.05, 3.63) is 35.4 Å². The molecule has 96 valence electrons. The summed E-state index contributed by atoms with van der Waals surface area (Å²) in [6, 6.07) is 6.98. The normalized spacial score (nSPS) is 13.4. The van der Waals surface area contributed by atoms with Crippen LogP contribution in [0.4, 0.5) is 0 Å². The number of hydrogen-bond acceptors (Lipinski definition) is 3. The minimum absolute atomic E-state index is 0.00133. The van der Waals surface area contributed by atoms with E-state index in [2.05, 4.69) is 5.32 Å². The van der Waals surface area contributed by atoms with Crippen molar-refractivity contribution in [2.45, 2.75) is 19.4 Å². The van der Waals surface area contributed by atoms with Gasteiger partial charge in [-0.1, -0.05) is 18.2 Å². The Labute approximate surface area is 106 Å². The van der Waals surface area contributed by atoms with Crippen molar-refractivity contribution >= 4 is 18.5 Å². The Morgan fingerprint density at radius 3 is 2.78 bits per heavy atom. The van der Waals surface area contributed by atoms with E-state index in [1.54, 1.807) is 25.1 Å². The molecule has 5 nitrogen and oxygen atoms in total. The maximum Gasteiger partial charge on any atom is 0.207 e. The maximum absolute atomic E-state index is 11.0. The third-order valence-electron chi connectivity index (χ3n) is 2.86. The number of nitrogens with two attached hydrogens (primary N) is 1. The molecule has 0 heterocycles. The first-order valence-corrected chi connectivity index (χ1v) is 5.66. The van der Waals surface area contributed by atoms with Gasteiger partial charge in [-0.05, 0) is 25.0 Å². The van der Waals surface area contributed by atoms with Crippen LogP contribution in [0.1, 0.15) is 18.1 Å². The van der Waals surface area contributed by atoms with E-state index >= 15 is 0 Å². The van der Waals surface area contributed by atoms with Crippen molar-refractivity contribution in [2.75, 3.05) is 0 Å². The van der Waals surface area contributed by atoms with Crippen molar-refractivity contribution in [1.29, 1.82) is 5.41 Å². The van der Waals surface area contributed by atoms with Crippen molar-refractivity contribution in [2.24, 2.45) is 11.7 Å². The van der Waals surface area contributed by atoms with E-state index in [1.807, 2.05) is 6.07 Å². The first-order valence-electron chi connectivity index (χ1n) is 5.66. The predicted molar refractivity (Wildman–Crippen MR) is 69.4 cm³/mol. The fraction of sp³-hybridized carbons (Fsp3) is 0.308. The fourth-order valence-electron chi connectivity index (χ4n) is 1.71. The molecule has 0 aliphatic rings. The molecular formula is C13H17N3O2. The van der Waals surface area contributed by atoms with Crippen LogP contribution < -0.4 is 11.1 Å². The Hall–Kier alpha value is -2.17. The van der Waals surface area contributed by atoms with E-state index in [0.717, 1.165) is 11.8 Å². The molecule has 2 unspecified atom stereocenters. The molecule has 1 amide bonds. The summed E-state index contributed by atoms with van der Waals surface area (Å²) in [5.41, 5.74) is 6.96. The molecular weight excluding hydrogens is 230 g/mol. The average molecular weight is 247 g/mol. The van der Waals surface area contributed by atoms with Crippen LogP contribution in [-0.2, 0) is 16.0 Å². The van der Waals surface area contributed by atoms with Crippen molar-refractivity contribution < 1.29 is 9.59 Å². The maximum atomic E-state index is 11.0. The van der Waals surface area contributed by atoms with Gasteiger partial charge in [0.25, 0.3) is 0 Å². The molecule has 5 heteroatoms. The molecule has 1 aromatic rings. The second kappa shape index (κ2) is 6.54. The Bertz CT molecular complexity index is 446. The van der Waals surface area contributed by atoms with Crippen LogP contribution in [0.3, 0.4) is 0 Å². The second-order valence-corrected chi connectivity index (χ2v) is 4.19. The van der Waals surface area contributed by atoms with Gasteiger partial charge in [0.1, 0.15) is 12.1 Å². The highest BCUT2D eigenvalue weighted by Crippen LogP contribution is 2.12. The van der Waals surface area contributed by atoms with Crippen LogP contribution in [0.15, 0.2) is 24.3 Å². The summed E-state index contributed by atoms with van der Waals surface area (Å²) in [6.07, 6.45) is 1.93. The van der Waals surface area contributed by atoms with Gasteiger partial charge in [-0.25, -0.2) is 0 Å². The number of carbonyl (C=O) groups is 2. The fourth-order valence-corrected chi connectivity index (χ4v) is 1.71. The quantitative estimate of drug-likeness (QED) is 0.371. The predicted octanol–water partition coefficient (Wildman–Crippen LogP) is 0.463. The smallest absolute Gasteiger partial charge is 0.207 e. The lowest BCUT2D eigenvalue weighted by atomic mass is 9.93. The van der Waals surface area contributed by atoms with E-state index in [1.165, 1.54) is 0 Å². The summed E-state index contributed by atoms with van der Waals surface area (Å²) in [5, 5.41) is 9.93. The number of benzene rings is 1. The highest BCUT2D eigenvalue weighted by atomic mass is 16.1. The van der Waals surface area contributed by atoms with Crippen molar-refractivity contribution in [3.8, 4) is 0 Å². The van der Waals surface area contributed by atoms with Crippen LogP contribution in [-0.4, -0.2) is 24.6 Å². The van der Waals surface area contributed by atoms with Crippen LogP contribution in [0.25, 0.3) is 0 Å². The molecule has 1 aromatic carbocycles. The molecule has 2 atom stereocenters. The summed E-state index contributed by atoms with van der Waals surface area (Å²) in [5.74, 6) is -0.295. The first kappa shape index (κ1) is 13.9. The van der Waals surface area contributed by atoms with Crippen LogP contribution in [0.2, 0.25) is 0 Å². The highest BCUT2D eigenvalue weighted by Gasteiger charge is 2.16. The molecule has 4 N–H and O–H groups in total. The minimum atomic E-state index is -0.294. The summed E-state index contributed by atoms with van der Waals surface area (Å²) in [7, 11) is 0. The molecule has 0 saturated heterocycles. The zero-order valence-corrected chi connectivity index (χ0v) is 10.2. The third kappa shape index (κ3) is 3.69. The minimum Gasteiger partial charge on any atom is -0.384 e. The number of carbonyl (C=O) groups excluding carboxylic acids is 2. The summed E-state index contributed by atoms with van der Waals surface area (Å²) >= 11 is 0. The largest absolute Gasteiger partial charge is 0.384 e. The van der Waals surface area contributed by atoms with Crippen LogP contribution in [0, 0.1) is 11.3 Å².